The summed E-state index contributed by atoms with van der Waals surface area (Å²) in [7, 11) is 0. The number of carbonyl (C=O) groups is 1. The highest BCUT2D eigenvalue weighted by Crippen LogP contribution is 2.40. The highest BCUT2D eigenvalue weighted by Gasteiger charge is 2.33. The lowest BCUT2D eigenvalue weighted by Crippen LogP contribution is -1.97. The molecule has 1 aliphatic heterocycles. The molecule has 3 aromatic rings. The number of hydrogen-bond donors (Lipinski definition) is 0. The molecule has 0 atom stereocenters. The molecular weight excluding hydrogens is 328 g/mol. The Morgan fingerprint density at radius 2 is 1.75 bits per heavy atom. The average Bonchev–Trinajstić information content (AvgIpc) is 2.88. The second kappa shape index (κ2) is 3.76. The summed E-state index contributed by atoms with van der Waals surface area (Å²) in [5.41, 5.74) is 1.76. The van der Waals surface area contributed by atoms with Gasteiger partial charge in [0, 0.05) is 11.5 Å². The second-order valence-corrected chi connectivity index (χ2v) is 5.42. The number of ketones is 1. The van der Waals surface area contributed by atoms with Crippen LogP contribution in [0.3, 0.4) is 0 Å². The van der Waals surface area contributed by atoms with Crippen LogP contribution in [0.4, 0.5) is 8.78 Å². The fourth-order valence-corrected chi connectivity index (χ4v) is 3.38. The Hall–Kier alpha value is -2.01. The minimum absolute atomic E-state index is 0.186. The Balaban J connectivity index is 2.20. The van der Waals surface area contributed by atoms with E-state index in [0.717, 1.165) is 23.0 Å². The van der Waals surface area contributed by atoms with E-state index in [9.17, 15) is 13.6 Å². The summed E-state index contributed by atoms with van der Waals surface area (Å²) in [5.74, 6) is -2.27. The third-order valence-corrected chi connectivity index (χ3v) is 4.35. The predicted octanol–water partition coefficient (Wildman–Crippen LogP) is 4.22. The Morgan fingerprint density at radius 1 is 1.05 bits per heavy atom. The van der Waals surface area contributed by atoms with E-state index >= 15 is 0 Å². The van der Waals surface area contributed by atoms with E-state index in [1.165, 1.54) is 0 Å². The van der Waals surface area contributed by atoms with Crippen LogP contribution in [0.5, 0.6) is 0 Å². The first kappa shape index (κ1) is 11.8. The first-order valence-corrected chi connectivity index (χ1v) is 6.72. The van der Waals surface area contributed by atoms with Crippen molar-refractivity contribution in [1.82, 2.24) is 4.57 Å². The van der Waals surface area contributed by atoms with Crippen molar-refractivity contribution in [2.45, 2.75) is 0 Å². The molecule has 5 heteroatoms. The van der Waals surface area contributed by atoms with E-state index in [1.807, 2.05) is 24.3 Å². The smallest absolute Gasteiger partial charge is 0.213 e. The largest absolute Gasteiger partial charge is 0.304 e. The Labute approximate surface area is 120 Å². The van der Waals surface area contributed by atoms with Crippen LogP contribution in [0.2, 0.25) is 0 Å². The maximum atomic E-state index is 13.5. The van der Waals surface area contributed by atoms with Crippen molar-refractivity contribution in [2.75, 3.05) is 0 Å². The number of benzene rings is 2. The molecule has 20 heavy (non-hydrogen) atoms. The van der Waals surface area contributed by atoms with Crippen molar-refractivity contribution in [2.24, 2.45) is 0 Å². The predicted molar refractivity (Wildman–Crippen MR) is 74.3 cm³/mol. The third-order valence-electron chi connectivity index (χ3n) is 3.55. The monoisotopic (exact) mass is 333 g/mol. The van der Waals surface area contributed by atoms with Gasteiger partial charge in [0.2, 0.25) is 5.78 Å². The molecule has 4 rings (SSSR count). The van der Waals surface area contributed by atoms with Crippen LogP contribution in [0.15, 0.2) is 40.9 Å². The summed E-state index contributed by atoms with van der Waals surface area (Å²) in [6, 6.07) is 9.44. The zero-order valence-electron chi connectivity index (χ0n) is 9.95. The van der Waals surface area contributed by atoms with Gasteiger partial charge in [0.1, 0.15) is 5.69 Å². The third kappa shape index (κ3) is 1.28. The van der Waals surface area contributed by atoms with Gasteiger partial charge in [0.15, 0.2) is 11.6 Å². The van der Waals surface area contributed by atoms with Crippen LogP contribution in [0, 0.1) is 11.6 Å². The zero-order valence-corrected chi connectivity index (χ0v) is 11.5. The van der Waals surface area contributed by atoms with Crippen molar-refractivity contribution in [3.05, 3.63) is 63.8 Å². The Morgan fingerprint density at radius 3 is 2.55 bits per heavy atom. The van der Waals surface area contributed by atoms with Gasteiger partial charge < -0.3 is 4.57 Å². The van der Waals surface area contributed by atoms with E-state index in [-0.39, 0.29) is 11.3 Å². The molecular formula is C15H6BrF2NO. The summed E-state index contributed by atoms with van der Waals surface area (Å²) in [6.45, 7) is 0. The number of nitrogens with zero attached hydrogens (tertiary/aromatic N) is 1. The number of fused-ring (bicyclic) bond motifs is 5. The molecule has 2 nitrogen and oxygen atoms in total. The molecule has 0 bridgehead atoms. The quantitative estimate of drug-likeness (QED) is 0.472. The van der Waals surface area contributed by atoms with Gasteiger partial charge in [0.25, 0.3) is 0 Å². The minimum Gasteiger partial charge on any atom is -0.304 e. The molecule has 0 N–H and O–H groups in total. The summed E-state index contributed by atoms with van der Waals surface area (Å²) in [6.07, 6.45) is 0. The van der Waals surface area contributed by atoms with Crippen molar-refractivity contribution >= 4 is 32.6 Å². The molecule has 0 unspecified atom stereocenters. The lowest BCUT2D eigenvalue weighted by atomic mass is 10.1. The van der Waals surface area contributed by atoms with Crippen LogP contribution >= 0.6 is 15.9 Å². The number of carbonyl (C=O) groups excluding carboxylic acids is 1. The van der Waals surface area contributed by atoms with Crippen molar-refractivity contribution in [3.63, 3.8) is 0 Å². The van der Waals surface area contributed by atoms with Crippen LogP contribution in [0.25, 0.3) is 16.6 Å². The van der Waals surface area contributed by atoms with Gasteiger partial charge in [-0.3, -0.25) is 4.79 Å². The van der Waals surface area contributed by atoms with Gasteiger partial charge in [-0.1, -0.05) is 18.2 Å². The summed E-state index contributed by atoms with van der Waals surface area (Å²) < 4.78 is 29.1. The first-order chi connectivity index (χ1) is 9.59. The van der Waals surface area contributed by atoms with Crippen LogP contribution in [-0.4, -0.2) is 10.4 Å². The van der Waals surface area contributed by atoms with Gasteiger partial charge in [-0.25, -0.2) is 8.78 Å². The number of hydrogen-bond acceptors (Lipinski definition) is 1. The molecule has 2 heterocycles. The van der Waals surface area contributed by atoms with Crippen molar-refractivity contribution in [3.8, 4) is 5.69 Å². The van der Waals surface area contributed by atoms with Crippen molar-refractivity contribution < 1.29 is 13.6 Å². The second-order valence-electron chi connectivity index (χ2n) is 4.63. The van der Waals surface area contributed by atoms with Crippen LogP contribution in [-0.2, 0) is 0 Å². The highest BCUT2D eigenvalue weighted by molar-refractivity contribution is 9.10. The van der Waals surface area contributed by atoms with E-state index in [0.29, 0.717) is 15.9 Å². The molecule has 1 aliphatic rings. The molecule has 0 fully saturated rings. The highest BCUT2D eigenvalue weighted by atomic mass is 79.9. The molecule has 0 amide bonds. The lowest BCUT2D eigenvalue weighted by molar-refractivity contribution is 0.103. The maximum Gasteiger partial charge on any atom is 0.213 e. The number of aromatic nitrogens is 1. The molecule has 0 saturated heterocycles. The Bertz CT molecular complexity index is 914. The lowest BCUT2D eigenvalue weighted by Gasteiger charge is -2.04. The molecule has 0 saturated carbocycles. The minimum atomic E-state index is -1.01. The van der Waals surface area contributed by atoms with Gasteiger partial charge in [0.05, 0.1) is 21.2 Å². The van der Waals surface area contributed by atoms with E-state index in [4.69, 9.17) is 0 Å². The normalized spacial score (nSPS) is 12.8. The van der Waals surface area contributed by atoms with Crippen LogP contribution < -0.4 is 0 Å². The fraction of sp³-hybridized carbons (Fsp3) is 0. The zero-order chi connectivity index (χ0) is 14.0. The molecule has 0 aliphatic carbocycles. The van der Waals surface area contributed by atoms with Crippen LogP contribution in [0.1, 0.15) is 16.1 Å². The summed E-state index contributed by atoms with van der Waals surface area (Å²) in [4.78, 5) is 12.4. The van der Waals surface area contributed by atoms with Gasteiger partial charge in [-0.15, -0.1) is 0 Å². The van der Waals surface area contributed by atoms with Crippen molar-refractivity contribution in [1.29, 1.82) is 0 Å². The number of halogens is 3. The van der Waals surface area contributed by atoms with Gasteiger partial charge in [-0.05, 0) is 28.1 Å². The molecule has 2 aromatic carbocycles. The standard InChI is InChI=1S/C15H6BrF2NO/c16-13-7-3-1-2-4-11(7)19-12-6-10(18)9(17)5-8(12)15(20)14(13)19/h1-6H. The van der Waals surface area contributed by atoms with Gasteiger partial charge in [-0.2, -0.15) is 0 Å². The molecule has 0 radical (unpaired) electrons. The Kier molecular flexibility index (Phi) is 2.22. The summed E-state index contributed by atoms with van der Waals surface area (Å²) in [5, 5.41) is 0.867. The average molecular weight is 334 g/mol. The maximum absolute atomic E-state index is 13.5. The van der Waals surface area contributed by atoms with E-state index < -0.39 is 11.6 Å². The SMILES string of the molecule is O=C1c2cc(F)c(F)cc2-n2c1c(Br)c1ccccc12. The number of rotatable bonds is 0. The molecule has 98 valence electrons. The molecule has 1 aromatic heterocycles. The fourth-order valence-electron chi connectivity index (χ4n) is 2.68. The van der Waals surface area contributed by atoms with E-state index in [2.05, 4.69) is 15.9 Å². The first-order valence-electron chi connectivity index (χ1n) is 5.92. The topological polar surface area (TPSA) is 22.0 Å². The number of para-hydroxylation sites is 1. The van der Waals surface area contributed by atoms with Gasteiger partial charge >= 0.3 is 0 Å². The van der Waals surface area contributed by atoms with E-state index in [1.54, 1.807) is 4.57 Å². The summed E-state index contributed by atoms with van der Waals surface area (Å²) >= 11 is 3.41. The molecule has 0 spiro atoms.